The molecule has 4 rings (SSSR count). The summed E-state index contributed by atoms with van der Waals surface area (Å²) in [5, 5.41) is 3.92. The highest BCUT2D eigenvalue weighted by Crippen LogP contribution is 2.29. The van der Waals surface area contributed by atoms with Crippen LogP contribution in [0.2, 0.25) is 0 Å². The molecule has 1 amide bonds. The second-order valence-electron chi connectivity index (χ2n) is 7.84. The first-order chi connectivity index (χ1) is 15.1. The Morgan fingerprint density at radius 3 is 2.25 bits per heavy atom. The summed E-state index contributed by atoms with van der Waals surface area (Å²) in [6.07, 6.45) is 2.74. The summed E-state index contributed by atoms with van der Waals surface area (Å²) in [4.78, 5) is 37.7. The quantitative estimate of drug-likeness (QED) is 0.673. The van der Waals surface area contributed by atoms with Crippen LogP contribution in [0.5, 0.6) is 0 Å². The van der Waals surface area contributed by atoms with Gasteiger partial charge in [0.15, 0.2) is 11.3 Å². The standard InChI is InChI=1S/C23H18F2N4O3/c1-11-4-5-12(20-21(30)23(2,3)32-29-20)8-14(11)17-10-27-16(9-28-17)13-6-7-15(24)18(19(13)25)22(26)31/h4-10H,1-3H3,(H2,26,31). The van der Waals surface area contributed by atoms with E-state index in [9.17, 15) is 18.4 Å². The minimum absolute atomic E-state index is 0.102. The molecule has 162 valence electrons. The second-order valence-corrected chi connectivity index (χ2v) is 7.84. The van der Waals surface area contributed by atoms with Crippen LogP contribution in [0.1, 0.15) is 35.3 Å². The van der Waals surface area contributed by atoms with E-state index in [1.165, 1.54) is 12.4 Å². The minimum atomic E-state index is -1.21. The van der Waals surface area contributed by atoms with Gasteiger partial charge in [0.05, 0.1) is 23.8 Å². The number of ketones is 1. The average Bonchev–Trinajstić information content (AvgIpc) is 3.01. The molecule has 0 unspecified atom stereocenters. The minimum Gasteiger partial charge on any atom is -0.381 e. The van der Waals surface area contributed by atoms with Crippen molar-refractivity contribution in [3.63, 3.8) is 0 Å². The van der Waals surface area contributed by atoms with Gasteiger partial charge >= 0.3 is 0 Å². The van der Waals surface area contributed by atoms with Crippen LogP contribution in [0.25, 0.3) is 22.5 Å². The van der Waals surface area contributed by atoms with Crippen LogP contribution in [0.4, 0.5) is 8.78 Å². The molecule has 1 aliphatic heterocycles. The number of primary amides is 1. The number of halogens is 2. The predicted octanol–water partition coefficient (Wildman–Crippen LogP) is 3.58. The number of hydrogen-bond donors (Lipinski definition) is 1. The van der Waals surface area contributed by atoms with Crippen LogP contribution < -0.4 is 5.73 Å². The summed E-state index contributed by atoms with van der Waals surface area (Å²) in [5.74, 6) is -3.59. The molecule has 0 radical (unpaired) electrons. The highest BCUT2D eigenvalue weighted by atomic mass is 19.1. The molecule has 1 aliphatic rings. The van der Waals surface area contributed by atoms with E-state index in [1.54, 1.807) is 26.0 Å². The maximum atomic E-state index is 14.6. The molecule has 0 saturated carbocycles. The molecule has 32 heavy (non-hydrogen) atoms. The van der Waals surface area contributed by atoms with Gasteiger partial charge in [-0.25, -0.2) is 8.78 Å². The zero-order chi connectivity index (χ0) is 23.2. The molecule has 0 aliphatic carbocycles. The highest BCUT2D eigenvalue weighted by Gasteiger charge is 2.40. The lowest BCUT2D eigenvalue weighted by Crippen LogP contribution is -2.33. The van der Waals surface area contributed by atoms with E-state index in [4.69, 9.17) is 10.6 Å². The molecular formula is C23H18F2N4O3. The second kappa shape index (κ2) is 7.60. The summed E-state index contributed by atoms with van der Waals surface area (Å²) in [6, 6.07) is 7.45. The van der Waals surface area contributed by atoms with Crippen molar-refractivity contribution >= 4 is 17.4 Å². The summed E-state index contributed by atoms with van der Waals surface area (Å²) in [5.41, 5.74) is 6.04. The molecule has 2 N–H and O–H groups in total. The Kier molecular flexibility index (Phi) is 5.04. The van der Waals surface area contributed by atoms with Gasteiger partial charge in [0.2, 0.25) is 5.78 Å². The fourth-order valence-corrected chi connectivity index (χ4v) is 3.34. The maximum absolute atomic E-state index is 14.6. The molecule has 0 atom stereocenters. The van der Waals surface area contributed by atoms with E-state index in [-0.39, 0.29) is 22.8 Å². The fraction of sp³-hybridized carbons (Fsp3) is 0.174. The first-order valence-corrected chi connectivity index (χ1v) is 9.62. The molecule has 9 heteroatoms. The number of carbonyl (C=O) groups excluding carboxylic acids is 2. The molecule has 2 heterocycles. The molecule has 7 nitrogen and oxygen atoms in total. The molecule has 1 aromatic heterocycles. The van der Waals surface area contributed by atoms with E-state index < -0.39 is 28.7 Å². The van der Waals surface area contributed by atoms with Crippen molar-refractivity contribution in [3.8, 4) is 22.5 Å². The van der Waals surface area contributed by atoms with Crippen molar-refractivity contribution in [3.05, 3.63) is 71.1 Å². The Morgan fingerprint density at radius 2 is 1.69 bits per heavy atom. The van der Waals surface area contributed by atoms with Crippen LogP contribution in [0.3, 0.4) is 0 Å². The van der Waals surface area contributed by atoms with Crippen LogP contribution in [-0.2, 0) is 9.63 Å². The Labute approximate surface area is 181 Å². The van der Waals surface area contributed by atoms with Crippen molar-refractivity contribution in [1.82, 2.24) is 9.97 Å². The van der Waals surface area contributed by atoms with Gasteiger partial charge in [0.25, 0.3) is 5.91 Å². The Hall–Kier alpha value is -4.01. The summed E-state index contributed by atoms with van der Waals surface area (Å²) in [6.45, 7) is 5.15. The summed E-state index contributed by atoms with van der Waals surface area (Å²) < 4.78 is 28.4. The molecule has 2 aromatic carbocycles. The fourth-order valence-electron chi connectivity index (χ4n) is 3.34. The SMILES string of the molecule is Cc1ccc(C2=NOC(C)(C)C2=O)cc1-c1cnc(-c2ccc(F)c(C(N)=O)c2F)cn1. The number of nitrogens with two attached hydrogens (primary N) is 1. The van der Waals surface area contributed by atoms with E-state index in [0.29, 0.717) is 16.8 Å². The molecule has 0 saturated heterocycles. The van der Waals surface area contributed by atoms with E-state index >= 15 is 0 Å². The van der Waals surface area contributed by atoms with Gasteiger partial charge in [-0.15, -0.1) is 0 Å². The van der Waals surface area contributed by atoms with Gasteiger partial charge in [-0.05, 0) is 44.5 Å². The third-order valence-electron chi connectivity index (χ3n) is 5.18. The monoisotopic (exact) mass is 436 g/mol. The van der Waals surface area contributed by atoms with Crippen molar-refractivity contribution in [2.75, 3.05) is 0 Å². The number of amides is 1. The lowest BCUT2D eigenvalue weighted by atomic mass is 9.93. The van der Waals surface area contributed by atoms with Crippen molar-refractivity contribution < 1.29 is 23.2 Å². The highest BCUT2D eigenvalue weighted by molar-refractivity contribution is 6.49. The number of aromatic nitrogens is 2. The Balaban J connectivity index is 1.71. The first kappa shape index (κ1) is 21.2. The summed E-state index contributed by atoms with van der Waals surface area (Å²) >= 11 is 0. The first-order valence-electron chi connectivity index (χ1n) is 9.62. The van der Waals surface area contributed by atoms with Gasteiger partial charge in [0.1, 0.15) is 17.2 Å². The van der Waals surface area contributed by atoms with Crippen LogP contribution >= 0.6 is 0 Å². The maximum Gasteiger partial charge on any atom is 0.254 e. The predicted molar refractivity (Wildman–Crippen MR) is 113 cm³/mol. The molecule has 0 spiro atoms. The van der Waals surface area contributed by atoms with Gasteiger partial charge in [-0.2, -0.15) is 0 Å². The molecular weight excluding hydrogens is 418 g/mol. The number of nitrogens with zero attached hydrogens (tertiary/aromatic N) is 3. The van der Waals surface area contributed by atoms with Crippen molar-refractivity contribution in [2.24, 2.45) is 10.9 Å². The third kappa shape index (κ3) is 3.51. The number of aryl methyl sites for hydroxylation is 1. The molecule has 0 fully saturated rings. The number of Topliss-reactive ketones (excluding diaryl/α,β-unsaturated/α-hetero) is 1. The van der Waals surface area contributed by atoms with Gasteiger partial charge in [-0.1, -0.05) is 17.3 Å². The topological polar surface area (TPSA) is 108 Å². The lowest BCUT2D eigenvalue weighted by Gasteiger charge is -2.12. The number of carbonyl (C=O) groups is 2. The van der Waals surface area contributed by atoms with E-state index in [2.05, 4.69) is 15.1 Å². The van der Waals surface area contributed by atoms with E-state index in [0.717, 1.165) is 17.7 Å². The third-order valence-corrected chi connectivity index (χ3v) is 5.18. The normalized spacial score (nSPS) is 14.8. The smallest absolute Gasteiger partial charge is 0.254 e. The number of oxime groups is 1. The van der Waals surface area contributed by atoms with Crippen LogP contribution in [0.15, 0.2) is 47.9 Å². The lowest BCUT2D eigenvalue weighted by molar-refractivity contribution is -0.128. The van der Waals surface area contributed by atoms with Crippen molar-refractivity contribution in [2.45, 2.75) is 26.4 Å². The number of hydrogen-bond acceptors (Lipinski definition) is 6. The van der Waals surface area contributed by atoms with Crippen LogP contribution in [-0.4, -0.2) is 33.0 Å². The Morgan fingerprint density at radius 1 is 1.03 bits per heavy atom. The van der Waals surface area contributed by atoms with Gasteiger partial charge in [0, 0.05) is 16.7 Å². The average molecular weight is 436 g/mol. The number of benzene rings is 2. The van der Waals surface area contributed by atoms with Gasteiger partial charge < -0.3 is 10.6 Å². The van der Waals surface area contributed by atoms with Crippen LogP contribution in [0, 0.1) is 18.6 Å². The largest absolute Gasteiger partial charge is 0.381 e. The zero-order valence-electron chi connectivity index (χ0n) is 17.4. The van der Waals surface area contributed by atoms with E-state index in [1.807, 2.05) is 13.0 Å². The number of rotatable bonds is 4. The molecule has 0 bridgehead atoms. The Bertz CT molecular complexity index is 1300. The van der Waals surface area contributed by atoms with Gasteiger partial charge in [-0.3, -0.25) is 19.6 Å². The summed E-state index contributed by atoms with van der Waals surface area (Å²) in [7, 11) is 0. The molecule has 3 aromatic rings. The van der Waals surface area contributed by atoms with Crippen molar-refractivity contribution in [1.29, 1.82) is 0 Å². The zero-order valence-corrected chi connectivity index (χ0v) is 17.4.